The monoisotopic (exact) mass is 222 g/mol. The molecule has 2 nitrogen and oxygen atoms in total. The highest BCUT2D eigenvalue weighted by Gasteiger charge is 2.54. The number of hydrogen-bond acceptors (Lipinski definition) is 2. The maximum absolute atomic E-state index is 11.3. The molecule has 0 aliphatic heterocycles. The summed E-state index contributed by atoms with van der Waals surface area (Å²) in [4.78, 5) is 11.3. The van der Waals surface area contributed by atoms with Crippen LogP contribution in [0.4, 0.5) is 0 Å². The second-order valence-corrected chi connectivity index (χ2v) is 6.08. The molecule has 0 aromatic carbocycles. The van der Waals surface area contributed by atoms with E-state index in [0.717, 1.165) is 11.8 Å². The van der Waals surface area contributed by atoms with Crippen LogP contribution in [0.1, 0.15) is 40.0 Å². The molecule has 2 heteroatoms. The van der Waals surface area contributed by atoms with Gasteiger partial charge in [-0.15, -0.1) is 0 Å². The van der Waals surface area contributed by atoms with Crippen LogP contribution >= 0.6 is 0 Å². The zero-order chi connectivity index (χ0) is 11.9. The Morgan fingerprint density at radius 1 is 1.44 bits per heavy atom. The second-order valence-electron chi connectivity index (χ2n) is 6.08. The summed E-state index contributed by atoms with van der Waals surface area (Å²) in [5, 5.41) is 0. The Labute approximate surface area is 98.1 Å². The summed E-state index contributed by atoms with van der Waals surface area (Å²) in [6, 6.07) is 0. The molecule has 3 aliphatic rings. The first-order valence-corrected chi connectivity index (χ1v) is 6.25. The minimum absolute atomic E-state index is 0.237. The standard InChI is InChI=1S/C14H22O2/c1-9(2)13(15)16-8-10-5-6-11-7-12(10)14(11,3)4/h10-12H,1,5-8H2,2-4H3/t10-,11-,12-/m0/s1. The van der Waals surface area contributed by atoms with Crippen LogP contribution in [0.3, 0.4) is 0 Å². The van der Waals surface area contributed by atoms with Gasteiger partial charge in [-0.1, -0.05) is 20.4 Å². The molecule has 0 aromatic heterocycles. The molecule has 3 fully saturated rings. The van der Waals surface area contributed by atoms with E-state index in [1.807, 2.05) is 0 Å². The van der Waals surface area contributed by atoms with Crippen LogP contribution in [0.25, 0.3) is 0 Å². The maximum Gasteiger partial charge on any atom is 0.333 e. The smallest absolute Gasteiger partial charge is 0.333 e. The van der Waals surface area contributed by atoms with Crippen LogP contribution in [0.15, 0.2) is 12.2 Å². The molecule has 2 bridgehead atoms. The van der Waals surface area contributed by atoms with Crippen LogP contribution in [-0.4, -0.2) is 12.6 Å². The van der Waals surface area contributed by atoms with E-state index in [1.54, 1.807) is 6.92 Å². The van der Waals surface area contributed by atoms with Gasteiger partial charge in [-0.2, -0.15) is 0 Å². The maximum atomic E-state index is 11.3. The number of hydrogen-bond donors (Lipinski definition) is 0. The summed E-state index contributed by atoms with van der Waals surface area (Å²) in [6.07, 6.45) is 3.86. The minimum Gasteiger partial charge on any atom is -0.462 e. The lowest BCUT2D eigenvalue weighted by molar-refractivity contribution is -0.152. The molecule has 0 radical (unpaired) electrons. The molecule has 3 atom stereocenters. The van der Waals surface area contributed by atoms with Crippen molar-refractivity contribution in [1.82, 2.24) is 0 Å². The number of fused-ring (bicyclic) bond motifs is 2. The van der Waals surface area contributed by atoms with Crippen molar-refractivity contribution in [2.24, 2.45) is 23.2 Å². The van der Waals surface area contributed by atoms with Gasteiger partial charge in [0, 0.05) is 5.57 Å². The molecule has 0 saturated heterocycles. The Bertz CT molecular complexity index is 315. The quantitative estimate of drug-likeness (QED) is 0.541. The molecule has 0 N–H and O–H groups in total. The van der Waals surface area contributed by atoms with Gasteiger partial charge in [0.15, 0.2) is 0 Å². The SMILES string of the molecule is C=C(C)C(=O)OC[C@@H]1CC[C@H]2C[C@@H]1C2(C)C. The minimum atomic E-state index is -0.237. The zero-order valence-electron chi connectivity index (χ0n) is 10.6. The van der Waals surface area contributed by atoms with Gasteiger partial charge in [0.2, 0.25) is 0 Å². The third-order valence-electron chi connectivity index (χ3n) is 4.78. The summed E-state index contributed by atoms with van der Waals surface area (Å²) < 4.78 is 5.29. The van der Waals surface area contributed by atoms with Gasteiger partial charge in [-0.3, -0.25) is 0 Å². The van der Waals surface area contributed by atoms with Crippen LogP contribution in [0, 0.1) is 23.2 Å². The number of ether oxygens (including phenoxy) is 1. The average molecular weight is 222 g/mol. The van der Waals surface area contributed by atoms with Crippen molar-refractivity contribution >= 4 is 5.97 Å². The van der Waals surface area contributed by atoms with Crippen molar-refractivity contribution in [3.05, 3.63) is 12.2 Å². The van der Waals surface area contributed by atoms with E-state index in [-0.39, 0.29) is 5.97 Å². The van der Waals surface area contributed by atoms with Crippen molar-refractivity contribution in [2.75, 3.05) is 6.61 Å². The Morgan fingerprint density at radius 2 is 2.12 bits per heavy atom. The van der Waals surface area contributed by atoms with Gasteiger partial charge in [0.25, 0.3) is 0 Å². The van der Waals surface area contributed by atoms with Crippen molar-refractivity contribution in [2.45, 2.75) is 40.0 Å². The number of rotatable bonds is 3. The molecule has 0 spiro atoms. The van der Waals surface area contributed by atoms with Crippen molar-refractivity contribution in [3.63, 3.8) is 0 Å². The van der Waals surface area contributed by atoms with Crippen molar-refractivity contribution in [1.29, 1.82) is 0 Å². The Hall–Kier alpha value is -0.790. The number of esters is 1. The van der Waals surface area contributed by atoms with Crippen LogP contribution in [0.5, 0.6) is 0 Å². The summed E-state index contributed by atoms with van der Waals surface area (Å²) in [6.45, 7) is 10.6. The topological polar surface area (TPSA) is 26.3 Å². The van der Waals surface area contributed by atoms with Crippen LogP contribution in [-0.2, 0) is 9.53 Å². The fourth-order valence-electron chi connectivity index (χ4n) is 3.47. The molecule has 3 rings (SSSR count). The van der Waals surface area contributed by atoms with Crippen LogP contribution < -0.4 is 0 Å². The molecular formula is C14H22O2. The molecule has 0 unspecified atom stereocenters. The average Bonchev–Trinajstić information content (AvgIpc) is 2.25. The lowest BCUT2D eigenvalue weighted by Crippen LogP contribution is -2.53. The summed E-state index contributed by atoms with van der Waals surface area (Å²) in [5.74, 6) is 2.00. The fraction of sp³-hybridized carbons (Fsp3) is 0.786. The molecule has 3 saturated carbocycles. The second kappa shape index (κ2) is 3.90. The van der Waals surface area contributed by atoms with Gasteiger partial charge in [-0.25, -0.2) is 4.79 Å². The molecule has 90 valence electrons. The van der Waals surface area contributed by atoms with E-state index < -0.39 is 0 Å². The molecule has 3 aliphatic carbocycles. The fourth-order valence-corrected chi connectivity index (χ4v) is 3.47. The van der Waals surface area contributed by atoms with E-state index >= 15 is 0 Å². The molecule has 0 amide bonds. The van der Waals surface area contributed by atoms with Crippen molar-refractivity contribution in [3.8, 4) is 0 Å². The van der Waals surface area contributed by atoms with Crippen LogP contribution in [0.2, 0.25) is 0 Å². The summed E-state index contributed by atoms with van der Waals surface area (Å²) in [7, 11) is 0. The lowest BCUT2D eigenvalue weighted by Gasteiger charge is -2.60. The van der Waals surface area contributed by atoms with E-state index in [4.69, 9.17) is 4.74 Å². The number of carbonyl (C=O) groups excluding carboxylic acids is 1. The Balaban J connectivity index is 1.87. The lowest BCUT2D eigenvalue weighted by atomic mass is 9.46. The molecule has 0 aromatic rings. The zero-order valence-corrected chi connectivity index (χ0v) is 10.6. The van der Waals surface area contributed by atoms with Crippen molar-refractivity contribution < 1.29 is 9.53 Å². The van der Waals surface area contributed by atoms with Gasteiger partial charge < -0.3 is 4.74 Å². The van der Waals surface area contributed by atoms with E-state index in [9.17, 15) is 4.79 Å². The van der Waals surface area contributed by atoms with Gasteiger partial charge in [0.05, 0.1) is 6.61 Å². The molecular weight excluding hydrogens is 200 g/mol. The van der Waals surface area contributed by atoms with Gasteiger partial charge in [0.1, 0.15) is 0 Å². The Morgan fingerprint density at radius 3 is 2.62 bits per heavy atom. The van der Waals surface area contributed by atoms with E-state index in [2.05, 4.69) is 20.4 Å². The largest absolute Gasteiger partial charge is 0.462 e. The molecule has 16 heavy (non-hydrogen) atoms. The molecule has 0 heterocycles. The summed E-state index contributed by atoms with van der Waals surface area (Å²) >= 11 is 0. The van der Waals surface area contributed by atoms with Gasteiger partial charge in [-0.05, 0) is 49.4 Å². The van der Waals surface area contributed by atoms with Gasteiger partial charge >= 0.3 is 5.97 Å². The first kappa shape index (κ1) is 11.7. The normalized spacial score (nSPS) is 35.1. The summed E-state index contributed by atoms with van der Waals surface area (Å²) in [5.41, 5.74) is 0.972. The highest BCUT2D eigenvalue weighted by Crippen LogP contribution is 2.61. The van der Waals surface area contributed by atoms with E-state index in [1.165, 1.54) is 19.3 Å². The predicted octanol–water partition coefficient (Wildman–Crippen LogP) is 3.18. The highest BCUT2D eigenvalue weighted by atomic mass is 16.5. The Kier molecular flexibility index (Phi) is 2.85. The highest BCUT2D eigenvalue weighted by molar-refractivity contribution is 5.86. The third-order valence-corrected chi connectivity index (χ3v) is 4.78. The first-order valence-electron chi connectivity index (χ1n) is 6.25. The number of carbonyl (C=O) groups is 1. The van der Waals surface area contributed by atoms with E-state index in [0.29, 0.717) is 23.5 Å². The third kappa shape index (κ3) is 1.79. The first-order chi connectivity index (χ1) is 7.43. The predicted molar refractivity (Wildman–Crippen MR) is 63.9 cm³/mol.